The van der Waals surface area contributed by atoms with Crippen molar-refractivity contribution < 1.29 is 9.94 Å². The van der Waals surface area contributed by atoms with Crippen LogP contribution in [0.3, 0.4) is 0 Å². The fraction of sp³-hybridized carbons (Fsp3) is 0.714. The van der Waals surface area contributed by atoms with Crippen LogP contribution in [0.5, 0.6) is 0 Å². The van der Waals surface area contributed by atoms with Crippen molar-refractivity contribution >= 4 is 0 Å². The Kier molecular flexibility index (Phi) is 6.19. The molecule has 1 N–H and O–H groups in total. The number of aliphatic hydroxyl groups excluding tert-OH is 1. The first-order chi connectivity index (χ1) is 4.85. The van der Waals surface area contributed by atoms with Gasteiger partial charge in [-0.05, 0) is 6.92 Å². The van der Waals surface area contributed by atoms with E-state index in [0.717, 1.165) is 0 Å². The van der Waals surface area contributed by atoms with Gasteiger partial charge in [0.05, 0.1) is 20.3 Å². The summed E-state index contributed by atoms with van der Waals surface area (Å²) in [6.07, 6.45) is 0. The van der Waals surface area contributed by atoms with Gasteiger partial charge in [0, 0.05) is 6.54 Å². The number of aliphatic hydroxyl groups is 1. The summed E-state index contributed by atoms with van der Waals surface area (Å²) >= 11 is 0. The van der Waals surface area contributed by atoms with E-state index in [4.69, 9.17) is 9.94 Å². The van der Waals surface area contributed by atoms with Gasteiger partial charge < -0.3 is 9.94 Å². The summed E-state index contributed by atoms with van der Waals surface area (Å²) in [6.45, 7) is 2.92. The normalized spacial score (nSPS) is 9.20. The second-order valence-electron chi connectivity index (χ2n) is 1.70. The van der Waals surface area contributed by atoms with E-state index in [1.807, 2.05) is 0 Å². The van der Waals surface area contributed by atoms with Crippen molar-refractivity contribution in [3.05, 3.63) is 0 Å². The molecule has 0 aromatic rings. The van der Waals surface area contributed by atoms with Crippen LogP contribution in [0.1, 0.15) is 6.92 Å². The van der Waals surface area contributed by atoms with Crippen molar-refractivity contribution in [3.63, 3.8) is 0 Å². The van der Waals surface area contributed by atoms with Crippen LogP contribution in [0.4, 0.5) is 0 Å². The third-order valence-electron chi connectivity index (χ3n) is 1.04. The van der Waals surface area contributed by atoms with Crippen LogP contribution >= 0.6 is 0 Å². The lowest BCUT2D eigenvalue weighted by Crippen LogP contribution is -2.25. The molecule has 0 aliphatic carbocycles. The summed E-state index contributed by atoms with van der Waals surface area (Å²) in [5, 5.41) is 10.1. The van der Waals surface area contributed by atoms with Gasteiger partial charge >= 0.3 is 0 Å². The maximum absolute atomic E-state index is 8.50. The SMILES string of the molecule is CC#CCN(CCO)OC. The minimum atomic E-state index is 0.0965. The summed E-state index contributed by atoms with van der Waals surface area (Å²) in [7, 11) is 1.56. The van der Waals surface area contributed by atoms with Gasteiger partial charge in [-0.15, -0.1) is 5.92 Å². The monoisotopic (exact) mass is 143 g/mol. The van der Waals surface area contributed by atoms with Crippen LogP contribution in [-0.2, 0) is 4.84 Å². The van der Waals surface area contributed by atoms with Gasteiger partial charge in [0.2, 0.25) is 0 Å². The zero-order chi connectivity index (χ0) is 7.82. The first-order valence-corrected chi connectivity index (χ1v) is 3.14. The third kappa shape index (κ3) is 4.33. The molecule has 3 heteroatoms. The Balaban J connectivity index is 3.45. The Morgan fingerprint density at radius 1 is 1.60 bits per heavy atom. The Bertz CT molecular complexity index is 125. The van der Waals surface area contributed by atoms with Gasteiger partial charge in [-0.2, -0.15) is 5.06 Å². The lowest BCUT2D eigenvalue weighted by molar-refractivity contribution is -0.126. The van der Waals surface area contributed by atoms with E-state index < -0.39 is 0 Å². The molecule has 0 aliphatic heterocycles. The molecule has 0 fully saturated rings. The third-order valence-corrected chi connectivity index (χ3v) is 1.04. The molecule has 0 bridgehead atoms. The smallest absolute Gasteiger partial charge is 0.0852 e. The van der Waals surface area contributed by atoms with E-state index in [1.54, 1.807) is 19.1 Å². The van der Waals surface area contributed by atoms with Crippen LogP contribution in [0.15, 0.2) is 0 Å². The summed E-state index contributed by atoms with van der Waals surface area (Å²) in [6, 6.07) is 0. The Morgan fingerprint density at radius 3 is 2.70 bits per heavy atom. The number of hydroxylamine groups is 2. The van der Waals surface area contributed by atoms with E-state index in [-0.39, 0.29) is 6.61 Å². The molecule has 0 saturated heterocycles. The van der Waals surface area contributed by atoms with Gasteiger partial charge in [0.15, 0.2) is 0 Å². The summed E-state index contributed by atoms with van der Waals surface area (Å²) in [4.78, 5) is 4.86. The molecule has 0 atom stereocenters. The van der Waals surface area contributed by atoms with Crippen molar-refractivity contribution in [1.29, 1.82) is 0 Å². The molecule has 0 amide bonds. The van der Waals surface area contributed by atoms with Gasteiger partial charge in [-0.25, -0.2) is 0 Å². The maximum Gasteiger partial charge on any atom is 0.0852 e. The summed E-state index contributed by atoms with van der Waals surface area (Å²) in [5.41, 5.74) is 0. The highest BCUT2D eigenvalue weighted by atomic mass is 16.7. The molecule has 0 saturated carbocycles. The van der Waals surface area contributed by atoms with Crippen molar-refractivity contribution in [1.82, 2.24) is 5.06 Å². The number of rotatable bonds is 4. The quantitative estimate of drug-likeness (QED) is 0.439. The number of hydrogen-bond acceptors (Lipinski definition) is 3. The average molecular weight is 143 g/mol. The summed E-state index contributed by atoms with van der Waals surface area (Å²) in [5.74, 6) is 5.56. The van der Waals surface area contributed by atoms with E-state index in [9.17, 15) is 0 Å². The standard InChI is InChI=1S/C7H13NO2/c1-3-4-5-8(10-2)6-7-9/h9H,5-7H2,1-2H3. The largest absolute Gasteiger partial charge is 0.395 e. The average Bonchev–Trinajstić information content (AvgIpc) is 1.98. The van der Waals surface area contributed by atoms with Gasteiger partial charge in [-0.1, -0.05) is 5.92 Å². The topological polar surface area (TPSA) is 32.7 Å². The number of nitrogens with zero attached hydrogens (tertiary/aromatic N) is 1. The molecular formula is C7H13NO2. The van der Waals surface area contributed by atoms with Crippen molar-refractivity contribution in [2.45, 2.75) is 6.92 Å². The van der Waals surface area contributed by atoms with Crippen molar-refractivity contribution in [2.75, 3.05) is 26.8 Å². The molecule has 0 rings (SSSR count). The maximum atomic E-state index is 8.50. The van der Waals surface area contributed by atoms with Crippen LogP contribution in [-0.4, -0.2) is 37.0 Å². The highest BCUT2D eigenvalue weighted by Crippen LogP contribution is 1.83. The lowest BCUT2D eigenvalue weighted by Gasteiger charge is -2.13. The molecule has 3 nitrogen and oxygen atoms in total. The van der Waals surface area contributed by atoms with Crippen molar-refractivity contribution in [2.24, 2.45) is 0 Å². The Morgan fingerprint density at radius 2 is 2.30 bits per heavy atom. The van der Waals surface area contributed by atoms with Crippen molar-refractivity contribution in [3.8, 4) is 11.8 Å². The van der Waals surface area contributed by atoms with Crippen LogP contribution in [0.2, 0.25) is 0 Å². The zero-order valence-electron chi connectivity index (χ0n) is 6.42. The second kappa shape index (κ2) is 6.56. The molecular weight excluding hydrogens is 130 g/mol. The van der Waals surface area contributed by atoms with Crippen LogP contribution in [0.25, 0.3) is 0 Å². The molecule has 0 aromatic heterocycles. The molecule has 58 valence electrons. The van der Waals surface area contributed by atoms with E-state index in [0.29, 0.717) is 13.1 Å². The highest BCUT2D eigenvalue weighted by Gasteiger charge is 1.97. The molecule has 0 spiro atoms. The predicted molar refractivity (Wildman–Crippen MR) is 39.1 cm³/mol. The zero-order valence-corrected chi connectivity index (χ0v) is 6.42. The van der Waals surface area contributed by atoms with E-state index >= 15 is 0 Å². The Hall–Kier alpha value is -0.560. The molecule has 10 heavy (non-hydrogen) atoms. The first kappa shape index (κ1) is 9.44. The predicted octanol–water partition coefficient (Wildman–Crippen LogP) is -0.135. The lowest BCUT2D eigenvalue weighted by atomic mass is 10.5. The minimum Gasteiger partial charge on any atom is -0.395 e. The van der Waals surface area contributed by atoms with Gasteiger partial charge in [0.1, 0.15) is 0 Å². The molecule has 0 aliphatic rings. The number of hydrogen-bond donors (Lipinski definition) is 1. The molecule has 0 heterocycles. The summed E-state index contributed by atoms with van der Waals surface area (Å²) < 4.78 is 0. The molecule has 0 aromatic carbocycles. The minimum absolute atomic E-state index is 0.0965. The highest BCUT2D eigenvalue weighted by molar-refractivity contribution is 4.96. The van der Waals surface area contributed by atoms with E-state index in [1.165, 1.54) is 0 Å². The molecule has 0 radical (unpaired) electrons. The van der Waals surface area contributed by atoms with Crippen LogP contribution < -0.4 is 0 Å². The van der Waals surface area contributed by atoms with Crippen LogP contribution in [0, 0.1) is 11.8 Å². The van der Waals surface area contributed by atoms with Gasteiger partial charge in [-0.3, -0.25) is 0 Å². The fourth-order valence-corrected chi connectivity index (χ4v) is 0.514. The fourth-order valence-electron chi connectivity index (χ4n) is 0.514. The molecule has 0 unspecified atom stereocenters. The second-order valence-corrected chi connectivity index (χ2v) is 1.70. The first-order valence-electron chi connectivity index (χ1n) is 3.14. The van der Waals surface area contributed by atoms with Gasteiger partial charge in [0.25, 0.3) is 0 Å². The van der Waals surface area contributed by atoms with E-state index in [2.05, 4.69) is 11.8 Å². The Labute approximate surface area is 61.5 Å².